The van der Waals surface area contributed by atoms with Gasteiger partial charge in [0.1, 0.15) is 11.8 Å². The number of fused-ring (bicyclic) bond motifs is 2. The van der Waals surface area contributed by atoms with Crippen LogP contribution in [0.15, 0.2) is 79.0 Å². The molecule has 2 aliphatic rings. The van der Waals surface area contributed by atoms with Crippen LogP contribution in [0.5, 0.6) is 5.75 Å². The number of amides is 5. The maximum Gasteiger partial charge on any atom is 0.266 e. The van der Waals surface area contributed by atoms with Gasteiger partial charge in [0, 0.05) is 48.2 Å². The Morgan fingerprint density at radius 2 is 1.62 bits per heavy atom. The Hall–Kier alpha value is -5.78. The highest BCUT2D eigenvalue weighted by Gasteiger charge is 2.46. The van der Waals surface area contributed by atoms with Crippen LogP contribution in [-0.4, -0.2) is 65.2 Å². The van der Waals surface area contributed by atoms with Crippen molar-refractivity contribution in [3.8, 4) is 5.75 Å². The second-order valence-corrected chi connectivity index (χ2v) is 12.4. The van der Waals surface area contributed by atoms with Gasteiger partial charge in [0.15, 0.2) is 6.61 Å². The molecule has 3 heterocycles. The van der Waals surface area contributed by atoms with Crippen molar-refractivity contribution in [2.75, 3.05) is 30.3 Å². The minimum absolute atomic E-state index is 0.0186. The van der Waals surface area contributed by atoms with Gasteiger partial charge in [0.25, 0.3) is 17.7 Å². The van der Waals surface area contributed by atoms with E-state index in [1.54, 1.807) is 6.07 Å². The average molecular weight is 677 g/mol. The smallest absolute Gasteiger partial charge is 0.266 e. The molecule has 1 unspecified atom stereocenters. The number of nitrogens with zero attached hydrogens (tertiary/aromatic N) is 2. The van der Waals surface area contributed by atoms with Crippen molar-refractivity contribution in [1.29, 1.82) is 0 Å². The Morgan fingerprint density at radius 1 is 0.840 bits per heavy atom. The molecule has 6 rings (SSSR count). The number of benzene rings is 3. The fraction of sp³-hybridized carbons (Fsp3) is 0.316. The van der Waals surface area contributed by atoms with E-state index >= 15 is 0 Å². The summed E-state index contributed by atoms with van der Waals surface area (Å²) in [6, 6.07) is 21.8. The predicted octanol–water partition coefficient (Wildman–Crippen LogP) is 5.33. The van der Waals surface area contributed by atoms with E-state index in [0.717, 1.165) is 77.9 Å². The van der Waals surface area contributed by atoms with Crippen molar-refractivity contribution in [2.24, 2.45) is 0 Å². The molecule has 5 amide bonds. The van der Waals surface area contributed by atoms with Gasteiger partial charge in [-0.3, -0.25) is 39.2 Å². The second-order valence-electron chi connectivity index (χ2n) is 12.4. The standard InChI is InChI=1S/C38H40N6O6/c45-33-18-17-31(36(47)43-33)44-37(48)27-13-10-14-32(35(27)38(44)49)50-24-34(46)41-21-9-4-2-1-3-8-20-39-26-15-16-29-28(23-26)30(19-22-40-29)42-25-11-6-5-7-12-25/h5-7,10-16,19,22-23,31,39H,1-4,8-9,17-18,20-21,24H2,(H,40,42)(H,41,46)(H,43,45,47). The number of carbonyl (C=O) groups is 5. The van der Waals surface area contributed by atoms with E-state index < -0.39 is 29.7 Å². The van der Waals surface area contributed by atoms with Crippen LogP contribution in [0, 0.1) is 0 Å². The highest BCUT2D eigenvalue weighted by atomic mass is 16.5. The van der Waals surface area contributed by atoms with Crippen LogP contribution in [0.25, 0.3) is 10.9 Å². The third kappa shape index (κ3) is 8.08. The van der Waals surface area contributed by atoms with Crippen LogP contribution >= 0.6 is 0 Å². The van der Waals surface area contributed by atoms with Gasteiger partial charge in [-0.05, 0) is 67.8 Å². The van der Waals surface area contributed by atoms with Gasteiger partial charge in [0.2, 0.25) is 11.8 Å². The molecule has 0 aliphatic carbocycles. The van der Waals surface area contributed by atoms with Crippen LogP contribution in [0.1, 0.15) is 72.1 Å². The van der Waals surface area contributed by atoms with Crippen LogP contribution in [0.2, 0.25) is 0 Å². The van der Waals surface area contributed by atoms with Gasteiger partial charge in [-0.25, -0.2) is 0 Å². The van der Waals surface area contributed by atoms with Crippen molar-refractivity contribution in [1.82, 2.24) is 20.5 Å². The Bertz CT molecular complexity index is 1900. The molecule has 1 atom stereocenters. The Labute approximate surface area is 290 Å². The van der Waals surface area contributed by atoms with Gasteiger partial charge < -0.3 is 20.7 Å². The predicted molar refractivity (Wildman–Crippen MR) is 189 cm³/mol. The second kappa shape index (κ2) is 16.1. The summed E-state index contributed by atoms with van der Waals surface area (Å²) in [5.41, 5.74) is 4.17. The van der Waals surface area contributed by atoms with Crippen LogP contribution in [-0.2, 0) is 14.4 Å². The van der Waals surface area contributed by atoms with Gasteiger partial charge in [-0.15, -0.1) is 0 Å². The number of imide groups is 2. The van der Waals surface area contributed by atoms with Gasteiger partial charge >= 0.3 is 0 Å². The highest BCUT2D eigenvalue weighted by molar-refractivity contribution is 6.24. The number of unbranched alkanes of at least 4 members (excludes halogenated alkanes) is 5. The minimum atomic E-state index is -1.07. The van der Waals surface area contributed by atoms with Gasteiger partial charge in [0.05, 0.1) is 16.6 Å². The highest BCUT2D eigenvalue weighted by Crippen LogP contribution is 2.33. The summed E-state index contributed by atoms with van der Waals surface area (Å²) < 4.78 is 5.65. The van der Waals surface area contributed by atoms with E-state index in [0.29, 0.717) is 6.54 Å². The van der Waals surface area contributed by atoms with E-state index in [1.165, 1.54) is 12.1 Å². The average Bonchev–Trinajstić information content (AvgIpc) is 3.38. The van der Waals surface area contributed by atoms with Crippen molar-refractivity contribution in [2.45, 2.75) is 57.4 Å². The Balaban J connectivity index is 0.856. The van der Waals surface area contributed by atoms with E-state index in [2.05, 4.69) is 38.4 Å². The molecule has 4 aromatic rings. The molecule has 3 aromatic carbocycles. The summed E-state index contributed by atoms with van der Waals surface area (Å²) in [5.74, 6) is -2.66. The number of hydrogen-bond donors (Lipinski definition) is 4. The number of hydrogen-bond acceptors (Lipinski definition) is 9. The number of aromatic nitrogens is 1. The largest absolute Gasteiger partial charge is 0.483 e. The zero-order valence-corrected chi connectivity index (χ0v) is 27.7. The molecule has 4 N–H and O–H groups in total. The quantitative estimate of drug-likeness (QED) is 0.0910. The van der Waals surface area contributed by atoms with Gasteiger partial charge in [-0.2, -0.15) is 0 Å². The molecule has 0 radical (unpaired) electrons. The summed E-state index contributed by atoms with van der Waals surface area (Å²) >= 11 is 0. The first-order valence-electron chi connectivity index (χ1n) is 17.1. The summed E-state index contributed by atoms with van der Waals surface area (Å²) in [7, 11) is 0. The summed E-state index contributed by atoms with van der Waals surface area (Å²) in [6.45, 7) is 1.07. The SMILES string of the molecule is O=C(COc1cccc2c1C(=O)N(C1CCC(=O)NC1=O)C2=O)NCCCCCCCCNc1ccc2nccc(Nc3ccccc3)c2c1. The van der Waals surface area contributed by atoms with Gasteiger partial charge in [-0.1, -0.05) is 49.9 Å². The number of rotatable bonds is 16. The van der Waals surface area contributed by atoms with E-state index in [-0.39, 0.29) is 42.2 Å². The summed E-state index contributed by atoms with van der Waals surface area (Å²) in [5, 5.41) is 13.1. The molecule has 258 valence electrons. The van der Waals surface area contributed by atoms with Crippen molar-refractivity contribution >= 4 is 57.5 Å². The minimum Gasteiger partial charge on any atom is -0.483 e. The first-order valence-corrected chi connectivity index (χ1v) is 17.1. The maximum atomic E-state index is 13.2. The lowest BCUT2D eigenvalue weighted by Gasteiger charge is -2.27. The lowest BCUT2D eigenvalue weighted by molar-refractivity contribution is -0.136. The third-order valence-electron chi connectivity index (χ3n) is 8.84. The summed E-state index contributed by atoms with van der Waals surface area (Å²) in [6.07, 6.45) is 8.06. The number of ether oxygens (including phenoxy) is 1. The fourth-order valence-electron chi connectivity index (χ4n) is 6.26. The third-order valence-corrected chi connectivity index (χ3v) is 8.84. The lowest BCUT2D eigenvalue weighted by atomic mass is 10.0. The first-order chi connectivity index (χ1) is 24.4. The normalized spacial score (nSPS) is 15.5. The molecule has 1 aromatic heterocycles. The molecule has 0 bridgehead atoms. The monoisotopic (exact) mass is 676 g/mol. The van der Waals surface area contributed by atoms with Crippen LogP contribution in [0.4, 0.5) is 17.1 Å². The molecule has 1 fully saturated rings. The topological polar surface area (TPSA) is 159 Å². The van der Waals surface area contributed by atoms with Crippen molar-refractivity contribution in [3.05, 3.63) is 90.1 Å². The van der Waals surface area contributed by atoms with Crippen molar-refractivity contribution in [3.63, 3.8) is 0 Å². The first kappa shape index (κ1) is 34.1. The van der Waals surface area contributed by atoms with Crippen LogP contribution in [0.3, 0.4) is 0 Å². The fourth-order valence-corrected chi connectivity index (χ4v) is 6.26. The summed E-state index contributed by atoms with van der Waals surface area (Å²) in [4.78, 5) is 67.8. The molecular weight excluding hydrogens is 636 g/mol. The zero-order valence-electron chi connectivity index (χ0n) is 27.7. The molecular formula is C38H40N6O6. The number of piperidine rings is 1. The van der Waals surface area contributed by atoms with Crippen molar-refractivity contribution < 1.29 is 28.7 Å². The van der Waals surface area contributed by atoms with E-state index in [4.69, 9.17) is 4.74 Å². The number of carbonyl (C=O) groups excluding carboxylic acids is 5. The van der Waals surface area contributed by atoms with Crippen LogP contribution < -0.4 is 26.0 Å². The number of para-hydroxylation sites is 1. The Kier molecular flexibility index (Phi) is 11.0. The molecule has 2 aliphatic heterocycles. The molecule has 0 spiro atoms. The number of nitrogens with one attached hydrogen (secondary N) is 4. The van der Waals surface area contributed by atoms with E-state index in [9.17, 15) is 24.0 Å². The molecule has 50 heavy (non-hydrogen) atoms. The lowest BCUT2D eigenvalue weighted by Crippen LogP contribution is -2.54. The number of pyridine rings is 1. The number of anilines is 3. The Morgan fingerprint density at radius 3 is 2.42 bits per heavy atom. The maximum absolute atomic E-state index is 13.2. The zero-order chi connectivity index (χ0) is 34.9. The molecule has 1 saturated heterocycles. The molecule has 0 saturated carbocycles. The molecule has 12 heteroatoms. The molecule has 12 nitrogen and oxygen atoms in total. The van der Waals surface area contributed by atoms with E-state index in [1.807, 2.05) is 48.7 Å².